The molecule has 1 aromatic rings. The van der Waals surface area contributed by atoms with Crippen LogP contribution in [0.5, 0.6) is 0 Å². The Bertz CT molecular complexity index is 643. The number of imide groups is 1. The molecule has 2 aliphatic heterocycles. The Kier molecular flexibility index (Phi) is 3.01. The van der Waals surface area contributed by atoms with Crippen molar-refractivity contribution in [3.8, 4) is 0 Å². The molecule has 0 unspecified atom stereocenters. The molecule has 11 heteroatoms. The number of amidine groups is 1. The molecule has 1 saturated heterocycles. The summed E-state index contributed by atoms with van der Waals surface area (Å²) in [5.41, 5.74) is 5.48. The summed E-state index contributed by atoms with van der Waals surface area (Å²) < 4.78 is 0. The average molecular weight is 310 g/mol. The van der Waals surface area contributed by atoms with E-state index in [0.717, 1.165) is 4.90 Å². The summed E-state index contributed by atoms with van der Waals surface area (Å²) in [6, 6.07) is -0.988. The number of hydrogen-bond acceptors (Lipinski definition) is 8. The van der Waals surface area contributed by atoms with E-state index >= 15 is 0 Å². The molecule has 21 heavy (non-hydrogen) atoms. The van der Waals surface area contributed by atoms with Gasteiger partial charge in [0, 0.05) is 21.1 Å². The first-order chi connectivity index (χ1) is 9.90. The van der Waals surface area contributed by atoms with Crippen LogP contribution in [0.2, 0.25) is 0 Å². The van der Waals surface area contributed by atoms with E-state index in [1.165, 1.54) is 23.7 Å². The van der Waals surface area contributed by atoms with E-state index in [2.05, 4.69) is 20.2 Å². The predicted molar refractivity (Wildman–Crippen MR) is 75.4 cm³/mol. The van der Waals surface area contributed by atoms with Crippen molar-refractivity contribution in [3.05, 3.63) is 0 Å². The number of carbonyl (C=O) groups excluding carboxylic acids is 2. The molecule has 0 bridgehead atoms. The second-order valence-electron chi connectivity index (χ2n) is 4.78. The fraction of sp³-hybridized carbons (Fsp3) is 0.500. The van der Waals surface area contributed by atoms with E-state index in [1.807, 2.05) is 0 Å². The number of H-pyrrole nitrogens is 1. The molecule has 0 aromatic carbocycles. The Labute approximate surface area is 124 Å². The van der Waals surface area contributed by atoms with Crippen LogP contribution in [0.1, 0.15) is 0 Å². The summed E-state index contributed by atoms with van der Waals surface area (Å²) in [5, 5.41) is 7.42. The van der Waals surface area contributed by atoms with Crippen molar-refractivity contribution in [2.75, 3.05) is 26.9 Å². The van der Waals surface area contributed by atoms with Crippen LogP contribution >= 0.6 is 11.8 Å². The third-order valence-corrected chi connectivity index (χ3v) is 4.41. The number of rotatable bonds is 1. The number of aromatic amines is 1. The SMILES string of the molecule is CN1C(=O)[C@H]2N=C(Sc3n[nH]c(N)n3)N(C)[C@@H]2N(C)C1=O. The van der Waals surface area contributed by atoms with E-state index in [9.17, 15) is 9.59 Å². The molecule has 1 fully saturated rings. The van der Waals surface area contributed by atoms with E-state index in [1.54, 1.807) is 19.0 Å². The maximum absolute atomic E-state index is 12.2. The molecular weight excluding hydrogens is 296 g/mol. The number of nitrogens with zero attached hydrogens (tertiary/aromatic N) is 6. The van der Waals surface area contributed by atoms with Gasteiger partial charge in [0.15, 0.2) is 11.2 Å². The summed E-state index contributed by atoms with van der Waals surface area (Å²) in [5.74, 6) is -0.112. The normalized spacial score (nSPS) is 25.5. The molecule has 2 atom stereocenters. The summed E-state index contributed by atoms with van der Waals surface area (Å²) in [6.07, 6.45) is -0.431. The molecule has 0 saturated carbocycles. The average Bonchev–Trinajstić information content (AvgIpc) is 2.99. The van der Waals surface area contributed by atoms with Crippen LogP contribution in [0.25, 0.3) is 0 Å². The Morgan fingerprint density at radius 1 is 1.24 bits per heavy atom. The number of anilines is 1. The van der Waals surface area contributed by atoms with Gasteiger partial charge < -0.3 is 15.5 Å². The number of nitrogens with two attached hydrogens (primary N) is 1. The fourth-order valence-corrected chi connectivity index (χ4v) is 3.20. The van der Waals surface area contributed by atoms with E-state index in [4.69, 9.17) is 5.73 Å². The first kappa shape index (κ1) is 13.7. The summed E-state index contributed by atoms with van der Waals surface area (Å²) in [7, 11) is 4.87. The predicted octanol–water partition coefficient (Wildman–Crippen LogP) is -1.00. The van der Waals surface area contributed by atoms with Crippen molar-refractivity contribution in [1.82, 2.24) is 29.9 Å². The molecule has 112 valence electrons. The highest BCUT2D eigenvalue weighted by molar-refractivity contribution is 8.13. The van der Waals surface area contributed by atoms with Crippen LogP contribution in [-0.2, 0) is 4.79 Å². The molecule has 0 spiro atoms. The lowest BCUT2D eigenvalue weighted by molar-refractivity contribution is -0.133. The Hall–Kier alpha value is -2.30. The van der Waals surface area contributed by atoms with Gasteiger partial charge in [-0.15, -0.1) is 5.10 Å². The number of hydrogen-bond donors (Lipinski definition) is 2. The third kappa shape index (κ3) is 2.00. The molecule has 0 radical (unpaired) electrons. The van der Waals surface area contributed by atoms with Crippen molar-refractivity contribution >= 4 is 34.8 Å². The van der Waals surface area contributed by atoms with Gasteiger partial charge in [-0.1, -0.05) is 0 Å². The number of nitrogens with one attached hydrogen (secondary N) is 1. The van der Waals surface area contributed by atoms with Crippen molar-refractivity contribution in [2.45, 2.75) is 17.4 Å². The molecule has 3 rings (SSSR count). The standard InChI is InChI=1S/C10H14N8O2S/c1-16-5-4(6(19)18(3)10(20)17(5)2)12-9(16)21-8-13-7(11)14-15-8/h4-5H,1-3H3,(H3,11,13,14,15)/t4-,5+/m0/s1. The highest BCUT2D eigenvalue weighted by Crippen LogP contribution is 2.31. The van der Waals surface area contributed by atoms with Crippen LogP contribution in [0.3, 0.4) is 0 Å². The highest BCUT2D eigenvalue weighted by Gasteiger charge is 2.49. The lowest BCUT2D eigenvalue weighted by atomic mass is 10.1. The van der Waals surface area contributed by atoms with Crippen LogP contribution in [0.4, 0.5) is 10.7 Å². The number of carbonyl (C=O) groups is 2. The molecule has 3 N–H and O–H groups in total. The molecule has 3 heterocycles. The smallest absolute Gasteiger partial charge is 0.327 e. The number of likely N-dealkylation sites (N-methyl/N-ethyl adjacent to an activating group) is 3. The van der Waals surface area contributed by atoms with E-state index in [-0.39, 0.29) is 17.9 Å². The lowest BCUT2D eigenvalue weighted by Gasteiger charge is -2.40. The fourth-order valence-electron chi connectivity index (χ4n) is 2.38. The second kappa shape index (κ2) is 4.62. The third-order valence-electron chi connectivity index (χ3n) is 3.46. The number of aromatic nitrogens is 3. The van der Waals surface area contributed by atoms with Gasteiger partial charge in [0.2, 0.25) is 11.1 Å². The second-order valence-corrected chi connectivity index (χ2v) is 5.71. The molecule has 0 aliphatic carbocycles. The number of fused-ring (bicyclic) bond motifs is 1. The maximum Gasteiger partial charge on any atom is 0.327 e. The van der Waals surface area contributed by atoms with Crippen molar-refractivity contribution in [3.63, 3.8) is 0 Å². The number of nitrogen functional groups attached to an aromatic ring is 1. The zero-order valence-electron chi connectivity index (χ0n) is 11.6. The summed E-state index contributed by atoms with van der Waals surface area (Å²) in [4.78, 5) is 36.9. The minimum absolute atomic E-state index is 0.208. The maximum atomic E-state index is 12.2. The van der Waals surface area contributed by atoms with Gasteiger partial charge in [-0.25, -0.2) is 14.9 Å². The van der Waals surface area contributed by atoms with Gasteiger partial charge in [-0.2, -0.15) is 4.98 Å². The quantitative estimate of drug-likeness (QED) is 0.681. The van der Waals surface area contributed by atoms with Gasteiger partial charge in [0.25, 0.3) is 5.91 Å². The minimum atomic E-state index is -0.638. The Balaban J connectivity index is 1.88. The van der Waals surface area contributed by atoms with Gasteiger partial charge in [0.05, 0.1) is 0 Å². The van der Waals surface area contributed by atoms with Crippen molar-refractivity contribution < 1.29 is 9.59 Å². The Morgan fingerprint density at radius 2 is 1.95 bits per heavy atom. The van der Waals surface area contributed by atoms with Crippen LogP contribution < -0.4 is 5.73 Å². The zero-order valence-corrected chi connectivity index (χ0v) is 12.5. The number of urea groups is 1. The number of aliphatic imine (C=N–C) groups is 1. The monoisotopic (exact) mass is 310 g/mol. The minimum Gasteiger partial charge on any atom is -0.368 e. The number of amides is 3. The van der Waals surface area contributed by atoms with Crippen LogP contribution in [0, 0.1) is 0 Å². The van der Waals surface area contributed by atoms with Crippen LogP contribution in [-0.4, -0.2) is 80.3 Å². The van der Waals surface area contributed by atoms with Gasteiger partial charge in [-0.05, 0) is 11.8 Å². The van der Waals surface area contributed by atoms with Crippen LogP contribution in [0.15, 0.2) is 10.1 Å². The highest BCUT2D eigenvalue weighted by atomic mass is 32.2. The van der Waals surface area contributed by atoms with Crippen molar-refractivity contribution in [1.29, 1.82) is 0 Å². The number of thioether (sulfide) groups is 1. The first-order valence-electron chi connectivity index (χ1n) is 6.11. The lowest BCUT2D eigenvalue weighted by Crippen LogP contribution is -2.63. The van der Waals surface area contributed by atoms with Gasteiger partial charge in [0.1, 0.15) is 6.17 Å². The first-order valence-corrected chi connectivity index (χ1v) is 6.92. The van der Waals surface area contributed by atoms with E-state index in [0.29, 0.717) is 10.3 Å². The largest absolute Gasteiger partial charge is 0.368 e. The van der Waals surface area contributed by atoms with Gasteiger partial charge in [-0.3, -0.25) is 9.69 Å². The molecule has 1 aromatic heterocycles. The summed E-state index contributed by atoms with van der Waals surface area (Å²) >= 11 is 1.19. The van der Waals surface area contributed by atoms with Gasteiger partial charge >= 0.3 is 6.03 Å². The molecule has 10 nitrogen and oxygen atoms in total. The topological polar surface area (TPSA) is 124 Å². The summed E-state index contributed by atoms with van der Waals surface area (Å²) in [6.45, 7) is 0. The van der Waals surface area contributed by atoms with Crippen molar-refractivity contribution in [2.24, 2.45) is 4.99 Å². The molecule has 3 amide bonds. The Morgan fingerprint density at radius 3 is 2.57 bits per heavy atom. The van der Waals surface area contributed by atoms with E-state index < -0.39 is 12.2 Å². The zero-order chi connectivity index (χ0) is 15.3. The molecule has 2 aliphatic rings. The molecular formula is C10H14N8O2S.